The molecule has 0 spiro atoms. The van der Waals surface area contributed by atoms with E-state index in [0.29, 0.717) is 23.4 Å². The van der Waals surface area contributed by atoms with Crippen LogP contribution in [0.15, 0.2) is 48.5 Å². The molecule has 0 heterocycles. The largest absolute Gasteiger partial charge is 0.426 e. The van der Waals surface area contributed by atoms with Gasteiger partial charge in [-0.05, 0) is 42.3 Å². The summed E-state index contributed by atoms with van der Waals surface area (Å²) in [7, 11) is 0. The van der Waals surface area contributed by atoms with Crippen molar-refractivity contribution in [2.45, 2.75) is 19.3 Å². The zero-order valence-corrected chi connectivity index (χ0v) is 12.6. The van der Waals surface area contributed by atoms with E-state index in [2.05, 4.69) is 5.32 Å². The molecule has 1 fully saturated rings. The summed E-state index contributed by atoms with van der Waals surface area (Å²) in [4.78, 5) is 23.1. The molecule has 1 saturated carbocycles. The van der Waals surface area contributed by atoms with E-state index in [-0.39, 0.29) is 29.5 Å². The number of ether oxygens (including phenoxy) is 1. The lowest BCUT2D eigenvalue weighted by molar-refractivity contribution is -0.135. The number of rotatable bonds is 4. The molecule has 2 atom stereocenters. The lowest BCUT2D eigenvalue weighted by atomic mass is 10.1. The number of hydrogen-bond donors (Lipinski definition) is 1. The molecular weight excluding hydrogens is 297 g/mol. The zero-order valence-electron chi connectivity index (χ0n) is 12.6. The van der Waals surface area contributed by atoms with Gasteiger partial charge >= 0.3 is 5.97 Å². The monoisotopic (exact) mass is 313 g/mol. The highest BCUT2D eigenvalue weighted by atomic mass is 19.1. The van der Waals surface area contributed by atoms with Crippen molar-refractivity contribution in [3.05, 3.63) is 59.9 Å². The molecule has 0 aromatic heterocycles. The van der Waals surface area contributed by atoms with E-state index in [1.807, 2.05) is 0 Å². The average molecular weight is 313 g/mol. The first kappa shape index (κ1) is 15.2. The fraction of sp³-hybridized carbons (Fsp3) is 0.222. The third-order valence-corrected chi connectivity index (χ3v) is 3.79. The minimum atomic E-state index is -0.356. The average Bonchev–Trinajstić information content (AvgIpc) is 3.30. The second-order valence-corrected chi connectivity index (χ2v) is 5.60. The number of halogens is 1. The number of nitrogens with one attached hydrogen (secondary N) is 1. The molecule has 118 valence electrons. The Labute approximate surface area is 133 Å². The molecule has 1 aliphatic rings. The van der Waals surface area contributed by atoms with E-state index in [4.69, 9.17) is 4.74 Å². The lowest BCUT2D eigenvalue weighted by Gasteiger charge is -2.06. The second kappa shape index (κ2) is 6.20. The van der Waals surface area contributed by atoms with Crippen molar-refractivity contribution in [2.24, 2.45) is 5.92 Å². The van der Waals surface area contributed by atoms with E-state index in [1.165, 1.54) is 13.0 Å². The SMILES string of the molecule is CC(=O)Nc1ccc(OC(=O)C2CC2c2ccccc2F)cc1. The number of benzene rings is 2. The first-order valence-corrected chi connectivity index (χ1v) is 7.38. The van der Waals surface area contributed by atoms with Gasteiger partial charge in [0.05, 0.1) is 5.92 Å². The van der Waals surface area contributed by atoms with Gasteiger partial charge in [-0.2, -0.15) is 0 Å². The van der Waals surface area contributed by atoms with Crippen LogP contribution in [0.2, 0.25) is 0 Å². The fourth-order valence-corrected chi connectivity index (χ4v) is 2.58. The summed E-state index contributed by atoms with van der Waals surface area (Å²) in [5, 5.41) is 2.63. The van der Waals surface area contributed by atoms with E-state index in [9.17, 15) is 14.0 Å². The summed E-state index contributed by atoms with van der Waals surface area (Å²) in [6, 6.07) is 13.0. The maximum atomic E-state index is 13.7. The van der Waals surface area contributed by atoms with Gasteiger partial charge < -0.3 is 10.1 Å². The van der Waals surface area contributed by atoms with Crippen LogP contribution in [0.1, 0.15) is 24.8 Å². The number of amides is 1. The van der Waals surface area contributed by atoms with Crippen LogP contribution in [0, 0.1) is 11.7 Å². The Morgan fingerprint density at radius 3 is 2.48 bits per heavy atom. The molecule has 2 aromatic carbocycles. The molecule has 0 saturated heterocycles. The van der Waals surface area contributed by atoms with Crippen LogP contribution in [-0.2, 0) is 9.59 Å². The van der Waals surface area contributed by atoms with Crippen LogP contribution in [0.3, 0.4) is 0 Å². The smallest absolute Gasteiger partial charge is 0.314 e. The predicted octanol–water partition coefficient (Wildman–Crippen LogP) is 3.49. The van der Waals surface area contributed by atoms with E-state index >= 15 is 0 Å². The van der Waals surface area contributed by atoms with Crippen LogP contribution in [0.5, 0.6) is 5.75 Å². The Morgan fingerprint density at radius 1 is 1.13 bits per heavy atom. The number of anilines is 1. The molecule has 3 rings (SSSR count). The molecule has 0 radical (unpaired) electrons. The molecule has 4 nitrogen and oxygen atoms in total. The van der Waals surface area contributed by atoms with Crippen LogP contribution < -0.4 is 10.1 Å². The Hall–Kier alpha value is -2.69. The summed E-state index contributed by atoms with van der Waals surface area (Å²) < 4.78 is 19.0. The fourth-order valence-electron chi connectivity index (χ4n) is 2.58. The molecule has 0 bridgehead atoms. The minimum Gasteiger partial charge on any atom is -0.426 e. The number of hydrogen-bond acceptors (Lipinski definition) is 3. The first-order valence-electron chi connectivity index (χ1n) is 7.38. The molecule has 1 N–H and O–H groups in total. The van der Waals surface area contributed by atoms with Gasteiger partial charge in [-0.25, -0.2) is 4.39 Å². The summed E-state index contributed by atoms with van der Waals surface area (Å²) >= 11 is 0. The Bertz CT molecular complexity index is 742. The van der Waals surface area contributed by atoms with Crippen molar-refractivity contribution < 1.29 is 18.7 Å². The normalized spacial score (nSPS) is 19.0. The van der Waals surface area contributed by atoms with Crippen LogP contribution in [-0.4, -0.2) is 11.9 Å². The molecule has 1 amide bonds. The predicted molar refractivity (Wildman–Crippen MR) is 83.6 cm³/mol. The van der Waals surface area contributed by atoms with Crippen molar-refractivity contribution in [3.8, 4) is 5.75 Å². The molecule has 23 heavy (non-hydrogen) atoms. The molecular formula is C18H16FNO3. The van der Waals surface area contributed by atoms with Crippen LogP contribution in [0.25, 0.3) is 0 Å². The molecule has 1 aliphatic carbocycles. The van der Waals surface area contributed by atoms with Gasteiger partial charge in [0.2, 0.25) is 5.91 Å². The van der Waals surface area contributed by atoms with Crippen molar-refractivity contribution >= 4 is 17.6 Å². The quantitative estimate of drug-likeness (QED) is 0.694. The van der Waals surface area contributed by atoms with Crippen molar-refractivity contribution in [1.82, 2.24) is 0 Å². The molecule has 2 unspecified atom stereocenters. The van der Waals surface area contributed by atoms with Crippen molar-refractivity contribution in [2.75, 3.05) is 5.32 Å². The second-order valence-electron chi connectivity index (χ2n) is 5.60. The third kappa shape index (κ3) is 3.56. The van der Waals surface area contributed by atoms with Gasteiger partial charge in [0.15, 0.2) is 0 Å². The van der Waals surface area contributed by atoms with Gasteiger partial charge in [0.25, 0.3) is 0 Å². The lowest BCUT2D eigenvalue weighted by Crippen LogP contribution is -2.11. The summed E-state index contributed by atoms with van der Waals surface area (Å²) in [5.74, 6) is -0.814. The van der Waals surface area contributed by atoms with Crippen molar-refractivity contribution in [1.29, 1.82) is 0 Å². The molecule has 0 aliphatic heterocycles. The highest BCUT2D eigenvalue weighted by Crippen LogP contribution is 2.48. The highest BCUT2D eigenvalue weighted by molar-refractivity contribution is 5.88. The third-order valence-electron chi connectivity index (χ3n) is 3.79. The van der Waals surface area contributed by atoms with Gasteiger partial charge in [-0.1, -0.05) is 18.2 Å². The maximum absolute atomic E-state index is 13.7. The Morgan fingerprint density at radius 2 is 1.83 bits per heavy atom. The number of carbonyl (C=O) groups excluding carboxylic acids is 2. The maximum Gasteiger partial charge on any atom is 0.314 e. The van der Waals surface area contributed by atoms with Crippen molar-refractivity contribution in [3.63, 3.8) is 0 Å². The molecule has 2 aromatic rings. The van der Waals surface area contributed by atoms with E-state index < -0.39 is 0 Å². The Balaban J connectivity index is 1.60. The van der Waals surface area contributed by atoms with Gasteiger partial charge in [0, 0.05) is 18.5 Å². The zero-order chi connectivity index (χ0) is 16.4. The standard InChI is InChI=1S/C18H16FNO3/c1-11(21)20-12-6-8-13(9-7-12)23-18(22)16-10-15(16)14-4-2-3-5-17(14)19/h2-9,15-16H,10H2,1H3,(H,20,21). The first-order chi connectivity index (χ1) is 11.0. The summed E-state index contributed by atoms with van der Waals surface area (Å²) in [6.45, 7) is 1.42. The van der Waals surface area contributed by atoms with Gasteiger partial charge in [-0.15, -0.1) is 0 Å². The molecule has 5 heteroatoms. The topological polar surface area (TPSA) is 55.4 Å². The van der Waals surface area contributed by atoms with Gasteiger partial charge in [-0.3, -0.25) is 9.59 Å². The van der Waals surface area contributed by atoms with E-state index in [0.717, 1.165) is 0 Å². The number of esters is 1. The summed E-state index contributed by atoms with van der Waals surface area (Å²) in [6.07, 6.45) is 0.601. The Kier molecular flexibility index (Phi) is 4.10. The van der Waals surface area contributed by atoms with Crippen LogP contribution >= 0.6 is 0 Å². The summed E-state index contributed by atoms with van der Waals surface area (Å²) in [5.41, 5.74) is 1.20. The number of carbonyl (C=O) groups is 2. The van der Waals surface area contributed by atoms with E-state index in [1.54, 1.807) is 42.5 Å². The minimum absolute atomic E-state index is 0.109. The van der Waals surface area contributed by atoms with Gasteiger partial charge in [0.1, 0.15) is 11.6 Å². The highest BCUT2D eigenvalue weighted by Gasteiger charge is 2.46. The van der Waals surface area contributed by atoms with Crippen LogP contribution in [0.4, 0.5) is 10.1 Å².